The van der Waals surface area contributed by atoms with E-state index in [1.165, 1.54) is 31.9 Å². The quantitative estimate of drug-likeness (QED) is 0.222. The molecule has 1 atom stereocenters. The van der Waals surface area contributed by atoms with Crippen LogP contribution in [0, 0.1) is 0 Å². The van der Waals surface area contributed by atoms with E-state index in [0.717, 1.165) is 12.4 Å². The summed E-state index contributed by atoms with van der Waals surface area (Å²) in [6.07, 6.45) is 7.70. The standard InChI is InChI=1S/C17H30N4O2.HI/c1-4-5-6-7-9-14(2)21-17(18-3)20-12-11-19-16(22)15-10-8-13-23-15;/h8,10,13-14H,4-7,9,11-12H2,1-3H3,(H,19,22)(H2,18,20,21);1H. The van der Waals surface area contributed by atoms with Gasteiger partial charge in [-0.25, -0.2) is 0 Å². The van der Waals surface area contributed by atoms with Crippen LogP contribution < -0.4 is 16.0 Å². The zero-order valence-electron chi connectivity index (χ0n) is 14.9. The highest BCUT2D eigenvalue weighted by molar-refractivity contribution is 14.0. The van der Waals surface area contributed by atoms with Crippen molar-refractivity contribution in [1.29, 1.82) is 0 Å². The van der Waals surface area contributed by atoms with Crippen LogP contribution in [0.2, 0.25) is 0 Å². The Morgan fingerprint density at radius 1 is 1.25 bits per heavy atom. The number of aliphatic imine (C=N–C) groups is 1. The first-order valence-electron chi connectivity index (χ1n) is 8.46. The Kier molecular flexibility index (Phi) is 13.4. The summed E-state index contributed by atoms with van der Waals surface area (Å²) in [4.78, 5) is 15.9. The van der Waals surface area contributed by atoms with Gasteiger partial charge in [-0.2, -0.15) is 0 Å². The summed E-state index contributed by atoms with van der Waals surface area (Å²) in [6.45, 7) is 5.50. The topological polar surface area (TPSA) is 78.7 Å². The average molecular weight is 450 g/mol. The van der Waals surface area contributed by atoms with Crippen molar-refractivity contribution >= 4 is 35.8 Å². The number of hydrogen-bond donors (Lipinski definition) is 3. The fraction of sp³-hybridized carbons (Fsp3) is 0.647. The lowest BCUT2D eigenvalue weighted by molar-refractivity contribution is 0.0926. The lowest BCUT2D eigenvalue weighted by Gasteiger charge is -2.18. The fourth-order valence-electron chi connectivity index (χ4n) is 2.23. The van der Waals surface area contributed by atoms with E-state index in [-0.39, 0.29) is 29.9 Å². The molecule has 1 heterocycles. The van der Waals surface area contributed by atoms with Gasteiger partial charge in [0.15, 0.2) is 11.7 Å². The molecule has 0 radical (unpaired) electrons. The van der Waals surface area contributed by atoms with Crippen molar-refractivity contribution in [3.63, 3.8) is 0 Å². The summed E-state index contributed by atoms with van der Waals surface area (Å²) >= 11 is 0. The van der Waals surface area contributed by atoms with Crippen molar-refractivity contribution in [2.45, 2.75) is 52.0 Å². The van der Waals surface area contributed by atoms with Gasteiger partial charge in [0.05, 0.1) is 6.26 Å². The van der Waals surface area contributed by atoms with Crippen molar-refractivity contribution in [3.05, 3.63) is 24.2 Å². The van der Waals surface area contributed by atoms with Gasteiger partial charge in [0.2, 0.25) is 0 Å². The number of rotatable bonds is 10. The van der Waals surface area contributed by atoms with Gasteiger partial charge in [0.1, 0.15) is 0 Å². The van der Waals surface area contributed by atoms with E-state index in [1.807, 2.05) is 0 Å². The molecule has 0 spiro atoms. The molecule has 0 saturated carbocycles. The summed E-state index contributed by atoms with van der Waals surface area (Å²) in [5.74, 6) is 0.887. The largest absolute Gasteiger partial charge is 0.459 e. The van der Waals surface area contributed by atoms with Gasteiger partial charge in [0.25, 0.3) is 5.91 Å². The lowest BCUT2D eigenvalue weighted by Crippen LogP contribution is -2.44. The van der Waals surface area contributed by atoms with Crippen LogP contribution in [0.15, 0.2) is 27.8 Å². The summed E-state index contributed by atoms with van der Waals surface area (Å²) < 4.78 is 5.03. The molecule has 138 valence electrons. The minimum Gasteiger partial charge on any atom is -0.459 e. The predicted octanol–water partition coefficient (Wildman–Crippen LogP) is 3.15. The monoisotopic (exact) mass is 450 g/mol. The van der Waals surface area contributed by atoms with Gasteiger partial charge in [-0.15, -0.1) is 24.0 Å². The molecule has 7 heteroatoms. The summed E-state index contributed by atoms with van der Waals surface area (Å²) in [6, 6.07) is 3.72. The number of carbonyl (C=O) groups excluding carboxylic acids is 1. The molecule has 6 nitrogen and oxygen atoms in total. The average Bonchev–Trinajstić information content (AvgIpc) is 3.08. The fourth-order valence-corrected chi connectivity index (χ4v) is 2.23. The number of nitrogens with zero attached hydrogens (tertiary/aromatic N) is 1. The normalized spacial score (nSPS) is 12.2. The van der Waals surface area contributed by atoms with E-state index in [1.54, 1.807) is 19.2 Å². The molecule has 0 fully saturated rings. The van der Waals surface area contributed by atoms with Crippen LogP contribution in [0.25, 0.3) is 0 Å². The molecule has 3 N–H and O–H groups in total. The number of hydrogen-bond acceptors (Lipinski definition) is 3. The van der Waals surface area contributed by atoms with Gasteiger partial charge in [0, 0.05) is 26.2 Å². The lowest BCUT2D eigenvalue weighted by atomic mass is 10.1. The molecule has 1 unspecified atom stereocenters. The second-order valence-corrected chi connectivity index (χ2v) is 5.63. The molecule has 1 amide bonds. The van der Waals surface area contributed by atoms with E-state index in [0.29, 0.717) is 24.9 Å². The molecule has 1 aromatic heterocycles. The SMILES string of the molecule is CCCCCCC(C)NC(=NC)NCCNC(=O)c1ccco1.I. The van der Waals surface area contributed by atoms with Crippen LogP contribution in [-0.2, 0) is 0 Å². The molecule has 0 bridgehead atoms. The van der Waals surface area contributed by atoms with Crippen LogP contribution in [0.4, 0.5) is 0 Å². The Hall–Kier alpha value is -1.25. The smallest absolute Gasteiger partial charge is 0.287 e. The maximum absolute atomic E-state index is 11.7. The molecular formula is C17H31IN4O2. The third-order valence-electron chi connectivity index (χ3n) is 3.55. The van der Waals surface area contributed by atoms with Crippen LogP contribution in [0.1, 0.15) is 56.5 Å². The number of guanidine groups is 1. The Labute approximate surface area is 162 Å². The number of nitrogens with one attached hydrogen (secondary N) is 3. The zero-order valence-corrected chi connectivity index (χ0v) is 17.3. The van der Waals surface area contributed by atoms with Crippen molar-refractivity contribution < 1.29 is 9.21 Å². The highest BCUT2D eigenvalue weighted by Crippen LogP contribution is 2.05. The highest BCUT2D eigenvalue weighted by Gasteiger charge is 2.08. The van der Waals surface area contributed by atoms with E-state index in [9.17, 15) is 4.79 Å². The molecule has 24 heavy (non-hydrogen) atoms. The number of carbonyl (C=O) groups is 1. The van der Waals surface area contributed by atoms with Gasteiger partial charge >= 0.3 is 0 Å². The van der Waals surface area contributed by atoms with Crippen LogP contribution in [0.5, 0.6) is 0 Å². The Balaban J connectivity index is 0.00000529. The summed E-state index contributed by atoms with van der Waals surface area (Å²) in [7, 11) is 1.75. The molecule has 0 aromatic carbocycles. The molecule has 1 rings (SSSR count). The highest BCUT2D eigenvalue weighted by atomic mass is 127. The van der Waals surface area contributed by atoms with Crippen molar-refractivity contribution in [1.82, 2.24) is 16.0 Å². The second kappa shape index (κ2) is 14.1. The molecule has 0 aliphatic rings. The predicted molar refractivity (Wildman–Crippen MR) is 109 cm³/mol. The van der Waals surface area contributed by atoms with Crippen molar-refractivity contribution in [2.24, 2.45) is 4.99 Å². The maximum atomic E-state index is 11.7. The minimum atomic E-state index is -0.205. The first-order valence-corrected chi connectivity index (χ1v) is 8.46. The van der Waals surface area contributed by atoms with E-state index >= 15 is 0 Å². The molecule has 0 aliphatic heterocycles. The van der Waals surface area contributed by atoms with Gasteiger partial charge in [-0.05, 0) is 25.5 Å². The van der Waals surface area contributed by atoms with Crippen LogP contribution in [-0.4, -0.2) is 38.0 Å². The number of amides is 1. The molecule has 0 aliphatic carbocycles. The third kappa shape index (κ3) is 9.79. The van der Waals surface area contributed by atoms with Gasteiger partial charge in [-0.1, -0.05) is 32.6 Å². The van der Waals surface area contributed by atoms with E-state index < -0.39 is 0 Å². The first kappa shape index (κ1) is 22.8. The van der Waals surface area contributed by atoms with Crippen LogP contribution in [0.3, 0.4) is 0 Å². The summed E-state index contributed by atoms with van der Waals surface area (Å²) in [5.41, 5.74) is 0. The molecule has 0 saturated heterocycles. The van der Waals surface area contributed by atoms with Crippen molar-refractivity contribution in [2.75, 3.05) is 20.1 Å². The van der Waals surface area contributed by atoms with Crippen molar-refractivity contribution in [3.8, 4) is 0 Å². The zero-order chi connectivity index (χ0) is 16.9. The van der Waals surface area contributed by atoms with Gasteiger partial charge in [-0.3, -0.25) is 9.79 Å². The Bertz CT molecular complexity index is 463. The Morgan fingerprint density at radius 3 is 2.62 bits per heavy atom. The summed E-state index contributed by atoms with van der Waals surface area (Å²) in [5, 5.41) is 9.35. The number of furan rings is 1. The third-order valence-corrected chi connectivity index (χ3v) is 3.55. The Morgan fingerprint density at radius 2 is 2.00 bits per heavy atom. The molecule has 1 aromatic rings. The maximum Gasteiger partial charge on any atom is 0.287 e. The number of unbranched alkanes of at least 4 members (excludes halogenated alkanes) is 3. The first-order chi connectivity index (χ1) is 11.2. The van der Waals surface area contributed by atoms with E-state index in [4.69, 9.17) is 4.42 Å². The molecular weight excluding hydrogens is 419 g/mol. The van der Waals surface area contributed by atoms with Crippen LogP contribution >= 0.6 is 24.0 Å². The van der Waals surface area contributed by atoms with Gasteiger partial charge < -0.3 is 20.4 Å². The van der Waals surface area contributed by atoms with E-state index in [2.05, 4.69) is 34.8 Å². The minimum absolute atomic E-state index is 0. The number of halogens is 1. The second-order valence-electron chi connectivity index (χ2n) is 5.63.